The van der Waals surface area contributed by atoms with Gasteiger partial charge in [-0.25, -0.2) is 0 Å². The first-order valence-corrected chi connectivity index (χ1v) is 7.58. The van der Waals surface area contributed by atoms with Crippen LogP contribution in [0.1, 0.15) is 56.8 Å². The van der Waals surface area contributed by atoms with Crippen LogP contribution in [0.2, 0.25) is 0 Å². The van der Waals surface area contributed by atoms with Crippen molar-refractivity contribution in [3.8, 4) is 0 Å². The van der Waals surface area contributed by atoms with Gasteiger partial charge in [0, 0.05) is 15.8 Å². The van der Waals surface area contributed by atoms with Crippen molar-refractivity contribution in [2.45, 2.75) is 52.5 Å². The molecule has 0 aliphatic heterocycles. The van der Waals surface area contributed by atoms with Crippen LogP contribution < -0.4 is 5.32 Å². The minimum atomic E-state index is 0.287. The minimum Gasteiger partial charge on any atom is -0.309 e. The van der Waals surface area contributed by atoms with E-state index < -0.39 is 0 Å². The molecule has 1 aliphatic carbocycles. The Morgan fingerprint density at radius 2 is 2.06 bits per heavy atom. The van der Waals surface area contributed by atoms with Crippen LogP contribution >= 0.6 is 11.3 Å². The molecule has 1 nitrogen and oxygen atoms in total. The summed E-state index contributed by atoms with van der Waals surface area (Å²) in [4.78, 5) is 3.04. The number of hydrogen-bond donors (Lipinski definition) is 1. The van der Waals surface area contributed by atoms with Crippen molar-refractivity contribution in [2.24, 2.45) is 11.8 Å². The summed E-state index contributed by atoms with van der Waals surface area (Å²) in [6, 6.07) is 5.25. The highest BCUT2D eigenvalue weighted by atomic mass is 32.1. The second-order valence-electron chi connectivity index (χ2n) is 6.36. The van der Waals surface area contributed by atoms with Crippen molar-refractivity contribution in [3.05, 3.63) is 21.9 Å². The number of thiophene rings is 1. The maximum absolute atomic E-state index is 3.67. The molecule has 1 N–H and O–H groups in total. The van der Waals surface area contributed by atoms with Gasteiger partial charge in [0.25, 0.3) is 0 Å². The third kappa shape index (κ3) is 2.92. The van der Waals surface area contributed by atoms with E-state index in [4.69, 9.17) is 0 Å². The maximum Gasteiger partial charge on any atom is 0.0446 e. The monoisotopic (exact) mass is 251 g/mol. The predicted octanol–water partition coefficient (Wildman–Crippen LogP) is 4.35. The van der Waals surface area contributed by atoms with Crippen molar-refractivity contribution in [1.29, 1.82) is 0 Å². The molecule has 0 bridgehead atoms. The third-order valence-electron chi connectivity index (χ3n) is 3.70. The molecule has 0 spiro atoms. The van der Waals surface area contributed by atoms with E-state index >= 15 is 0 Å². The standard InChI is InChI=1S/C15H25NS/c1-6-16-14(11-9-10(11)2)12-7-8-13(17-12)15(3,4)5/h7-8,10-11,14,16H,6,9H2,1-5H3. The summed E-state index contributed by atoms with van der Waals surface area (Å²) >= 11 is 2.00. The Labute approximate surface area is 110 Å². The average Bonchev–Trinajstić information content (AvgIpc) is 2.79. The van der Waals surface area contributed by atoms with Crippen molar-refractivity contribution in [2.75, 3.05) is 6.54 Å². The molecule has 2 heteroatoms. The van der Waals surface area contributed by atoms with Crippen molar-refractivity contribution in [3.63, 3.8) is 0 Å². The van der Waals surface area contributed by atoms with Crippen LogP contribution in [-0.2, 0) is 5.41 Å². The average molecular weight is 251 g/mol. The van der Waals surface area contributed by atoms with Crippen molar-refractivity contribution >= 4 is 11.3 Å². The molecule has 1 aliphatic rings. The molecule has 17 heavy (non-hydrogen) atoms. The molecule has 0 aromatic carbocycles. The summed E-state index contributed by atoms with van der Waals surface area (Å²) < 4.78 is 0. The predicted molar refractivity (Wildman–Crippen MR) is 76.7 cm³/mol. The second kappa shape index (κ2) is 4.74. The minimum absolute atomic E-state index is 0.287. The molecular weight excluding hydrogens is 226 g/mol. The first-order valence-electron chi connectivity index (χ1n) is 6.77. The van der Waals surface area contributed by atoms with E-state index in [0.717, 1.165) is 18.4 Å². The van der Waals surface area contributed by atoms with E-state index in [0.29, 0.717) is 6.04 Å². The molecule has 3 unspecified atom stereocenters. The Bertz CT molecular complexity index is 375. The Morgan fingerprint density at radius 1 is 1.41 bits per heavy atom. The van der Waals surface area contributed by atoms with Gasteiger partial charge in [0.05, 0.1) is 0 Å². The molecule has 0 amide bonds. The van der Waals surface area contributed by atoms with E-state index in [-0.39, 0.29) is 5.41 Å². The molecule has 1 aromatic rings. The molecule has 1 fully saturated rings. The summed E-state index contributed by atoms with van der Waals surface area (Å²) in [5, 5.41) is 3.67. The van der Waals surface area contributed by atoms with Crippen LogP contribution in [-0.4, -0.2) is 6.54 Å². The normalized spacial score (nSPS) is 25.9. The van der Waals surface area contributed by atoms with Gasteiger partial charge in [-0.05, 0) is 42.3 Å². The highest BCUT2D eigenvalue weighted by Crippen LogP contribution is 2.48. The fraction of sp³-hybridized carbons (Fsp3) is 0.733. The largest absolute Gasteiger partial charge is 0.309 e. The van der Waals surface area contributed by atoms with Gasteiger partial charge in [0.2, 0.25) is 0 Å². The summed E-state index contributed by atoms with van der Waals surface area (Å²) in [6.07, 6.45) is 1.39. The zero-order valence-electron chi connectivity index (χ0n) is 11.7. The smallest absolute Gasteiger partial charge is 0.0446 e. The van der Waals surface area contributed by atoms with E-state index in [1.54, 1.807) is 0 Å². The van der Waals surface area contributed by atoms with E-state index in [2.05, 4.69) is 52.1 Å². The highest BCUT2D eigenvalue weighted by molar-refractivity contribution is 7.12. The molecule has 1 aromatic heterocycles. The topological polar surface area (TPSA) is 12.0 Å². The van der Waals surface area contributed by atoms with Crippen molar-refractivity contribution in [1.82, 2.24) is 5.32 Å². The van der Waals surface area contributed by atoms with Gasteiger partial charge in [-0.15, -0.1) is 11.3 Å². The molecule has 3 atom stereocenters. The zero-order chi connectivity index (χ0) is 12.6. The molecule has 2 rings (SSSR count). The molecule has 1 heterocycles. The van der Waals surface area contributed by atoms with Crippen LogP contribution in [0.15, 0.2) is 12.1 Å². The van der Waals surface area contributed by atoms with Gasteiger partial charge in [-0.2, -0.15) is 0 Å². The molecule has 1 saturated carbocycles. The first-order chi connectivity index (χ1) is 7.93. The molecule has 0 saturated heterocycles. The summed E-state index contributed by atoms with van der Waals surface area (Å²) in [6.45, 7) is 12.5. The van der Waals surface area contributed by atoms with Gasteiger partial charge in [-0.1, -0.05) is 34.6 Å². The molecule has 96 valence electrons. The van der Waals surface area contributed by atoms with Crippen LogP contribution in [0.3, 0.4) is 0 Å². The van der Waals surface area contributed by atoms with E-state index in [1.807, 2.05) is 11.3 Å². The number of rotatable bonds is 4. The van der Waals surface area contributed by atoms with Gasteiger partial charge in [0.15, 0.2) is 0 Å². The quantitative estimate of drug-likeness (QED) is 0.839. The summed E-state index contributed by atoms with van der Waals surface area (Å²) in [7, 11) is 0. The lowest BCUT2D eigenvalue weighted by Crippen LogP contribution is -2.22. The lowest BCUT2D eigenvalue weighted by atomic mass is 9.95. The van der Waals surface area contributed by atoms with Crippen molar-refractivity contribution < 1.29 is 0 Å². The molecule has 0 radical (unpaired) electrons. The third-order valence-corrected chi connectivity index (χ3v) is 5.29. The summed E-state index contributed by atoms with van der Waals surface area (Å²) in [5.41, 5.74) is 0.287. The Kier molecular flexibility index (Phi) is 3.65. The van der Waals surface area contributed by atoms with E-state index in [1.165, 1.54) is 16.2 Å². The van der Waals surface area contributed by atoms with Crippen LogP contribution in [0.4, 0.5) is 0 Å². The second-order valence-corrected chi connectivity index (χ2v) is 7.48. The fourth-order valence-electron chi connectivity index (χ4n) is 2.42. The van der Waals surface area contributed by atoms with Crippen LogP contribution in [0.25, 0.3) is 0 Å². The SMILES string of the molecule is CCNC(c1ccc(C(C)(C)C)s1)C1CC1C. The maximum atomic E-state index is 3.67. The Hall–Kier alpha value is -0.340. The van der Waals surface area contributed by atoms with Gasteiger partial charge < -0.3 is 5.32 Å². The Balaban J connectivity index is 2.16. The van der Waals surface area contributed by atoms with Gasteiger partial charge in [-0.3, -0.25) is 0 Å². The number of hydrogen-bond acceptors (Lipinski definition) is 2. The lowest BCUT2D eigenvalue weighted by Gasteiger charge is -2.18. The van der Waals surface area contributed by atoms with Gasteiger partial charge in [0.1, 0.15) is 0 Å². The molecular formula is C15H25NS. The number of nitrogens with one attached hydrogen (secondary N) is 1. The van der Waals surface area contributed by atoms with Gasteiger partial charge >= 0.3 is 0 Å². The Morgan fingerprint density at radius 3 is 2.47 bits per heavy atom. The zero-order valence-corrected chi connectivity index (χ0v) is 12.5. The van der Waals surface area contributed by atoms with Crippen LogP contribution in [0, 0.1) is 11.8 Å². The van der Waals surface area contributed by atoms with E-state index in [9.17, 15) is 0 Å². The lowest BCUT2D eigenvalue weighted by molar-refractivity contribution is 0.483. The summed E-state index contributed by atoms with van der Waals surface area (Å²) in [5.74, 6) is 1.76. The van der Waals surface area contributed by atoms with Crippen LogP contribution in [0.5, 0.6) is 0 Å². The highest BCUT2D eigenvalue weighted by Gasteiger charge is 2.40. The fourth-order valence-corrected chi connectivity index (χ4v) is 3.64. The first kappa shape index (κ1) is 13.1.